The minimum Gasteiger partial charge on any atom is -0.383 e. The predicted octanol–water partition coefficient (Wildman–Crippen LogP) is 3.76. The van der Waals surface area contributed by atoms with Gasteiger partial charge in [-0.3, -0.25) is 14.3 Å². The first-order valence-electron chi connectivity index (χ1n) is 12.2. The maximum absolute atomic E-state index is 12.7. The predicted molar refractivity (Wildman–Crippen MR) is 138 cm³/mol. The van der Waals surface area contributed by atoms with Crippen LogP contribution in [0.1, 0.15) is 54.6 Å². The third-order valence-electron chi connectivity index (χ3n) is 7.53. The second-order valence-corrected chi connectivity index (χ2v) is 11.1. The highest BCUT2D eigenvalue weighted by Crippen LogP contribution is 2.45. The molecule has 6 rings (SSSR count). The van der Waals surface area contributed by atoms with E-state index in [-0.39, 0.29) is 29.6 Å². The van der Waals surface area contributed by atoms with Gasteiger partial charge in [0.25, 0.3) is 0 Å². The van der Waals surface area contributed by atoms with E-state index in [1.807, 2.05) is 42.5 Å². The fourth-order valence-corrected chi connectivity index (χ4v) is 7.10. The van der Waals surface area contributed by atoms with Crippen LogP contribution in [-0.4, -0.2) is 54.7 Å². The standard InChI is InChI=1S/C26H26N6O4S/c1-15(33)23-24(18-11-19-8-9-20(12-18)32(19)37(34,35)36)30-26-21(14-29-31(26)25(23)27)17-7-10-22(28-13-17)16-5-3-2-4-6-16/h2-7,10,13-14,18-20H,8-9,11-12,27H2,1H3,(H,34,35,36)/t18-,19+,20-. The highest BCUT2D eigenvalue weighted by Gasteiger charge is 2.47. The van der Waals surface area contributed by atoms with Gasteiger partial charge >= 0.3 is 10.3 Å². The highest BCUT2D eigenvalue weighted by molar-refractivity contribution is 7.83. The zero-order valence-corrected chi connectivity index (χ0v) is 21.0. The van der Waals surface area contributed by atoms with Crippen LogP contribution in [0.5, 0.6) is 0 Å². The highest BCUT2D eigenvalue weighted by atomic mass is 32.2. The van der Waals surface area contributed by atoms with Crippen LogP contribution >= 0.6 is 0 Å². The fraction of sp³-hybridized carbons (Fsp3) is 0.308. The van der Waals surface area contributed by atoms with E-state index in [1.165, 1.54) is 15.7 Å². The molecule has 2 bridgehead atoms. The van der Waals surface area contributed by atoms with E-state index in [1.54, 1.807) is 12.4 Å². The molecule has 11 heteroatoms. The van der Waals surface area contributed by atoms with Crippen LogP contribution in [0, 0.1) is 0 Å². The third-order valence-corrected chi connectivity index (χ3v) is 8.66. The lowest BCUT2D eigenvalue weighted by molar-refractivity contribution is 0.101. The molecule has 1 aromatic carbocycles. The van der Waals surface area contributed by atoms with E-state index in [4.69, 9.17) is 10.7 Å². The van der Waals surface area contributed by atoms with Gasteiger partial charge in [-0.2, -0.15) is 22.3 Å². The average molecular weight is 519 g/mol. The number of hydrogen-bond donors (Lipinski definition) is 2. The van der Waals surface area contributed by atoms with Crippen molar-refractivity contribution >= 4 is 27.6 Å². The average Bonchev–Trinajstić information content (AvgIpc) is 3.43. The summed E-state index contributed by atoms with van der Waals surface area (Å²) in [4.78, 5) is 22.2. The summed E-state index contributed by atoms with van der Waals surface area (Å²) in [5.41, 5.74) is 11.2. The molecule has 2 aliphatic rings. The summed E-state index contributed by atoms with van der Waals surface area (Å²) < 4.78 is 36.3. The molecular formula is C26H26N6O4S. The minimum absolute atomic E-state index is 0.178. The maximum atomic E-state index is 12.7. The van der Waals surface area contributed by atoms with Crippen LogP contribution in [0.25, 0.3) is 28.0 Å². The van der Waals surface area contributed by atoms with E-state index in [0.29, 0.717) is 42.6 Å². The van der Waals surface area contributed by atoms with Gasteiger partial charge in [0.1, 0.15) is 5.82 Å². The second-order valence-electron chi connectivity index (χ2n) is 9.77. The zero-order valence-electron chi connectivity index (χ0n) is 20.2. The van der Waals surface area contributed by atoms with E-state index in [2.05, 4.69) is 10.1 Å². The summed E-state index contributed by atoms with van der Waals surface area (Å²) in [6, 6.07) is 13.1. The normalized spacial score (nSPS) is 21.9. The number of piperidine rings is 1. The molecule has 2 aliphatic heterocycles. The minimum atomic E-state index is -4.29. The Labute approximate surface area is 214 Å². The molecule has 37 heavy (non-hydrogen) atoms. The Balaban J connectivity index is 1.43. The number of rotatable bonds is 5. The topological polar surface area (TPSA) is 144 Å². The van der Waals surface area contributed by atoms with Crippen LogP contribution in [-0.2, 0) is 10.3 Å². The van der Waals surface area contributed by atoms with Crippen LogP contribution in [0.2, 0.25) is 0 Å². The van der Waals surface area contributed by atoms with Crippen molar-refractivity contribution in [2.24, 2.45) is 0 Å². The number of hydrogen-bond acceptors (Lipinski definition) is 7. The molecule has 2 saturated heterocycles. The van der Waals surface area contributed by atoms with Gasteiger partial charge in [-0.15, -0.1) is 0 Å². The molecule has 0 aliphatic carbocycles. The molecule has 190 valence electrons. The quantitative estimate of drug-likeness (QED) is 0.300. The number of nitrogens with two attached hydrogens (primary N) is 1. The summed E-state index contributed by atoms with van der Waals surface area (Å²) in [6.07, 6.45) is 5.65. The fourth-order valence-electron chi connectivity index (χ4n) is 5.96. The van der Waals surface area contributed by atoms with Crippen molar-refractivity contribution in [2.45, 2.75) is 50.6 Å². The van der Waals surface area contributed by atoms with Crippen LogP contribution in [0.15, 0.2) is 54.9 Å². The summed E-state index contributed by atoms with van der Waals surface area (Å²) in [5, 5.41) is 4.42. The number of Topliss-reactive ketones (excluding diaryl/α,β-unsaturated/α-hetero) is 1. The molecule has 5 heterocycles. The summed E-state index contributed by atoms with van der Waals surface area (Å²) >= 11 is 0. The number of ketones is 1. The molecule has 3 aromatic heterocycles. The maximum Gasteiger partial charge on any atom is 0.336 e. The van der Waals surface area contributed by atoms with Crippen molar-refractivity contribution in [3.8, 4) is 22.4 Å². The van der Waals surface area contributed by atoms with Gasteiger partial charge in [-0.05, 0) is 38.7 Å². The monoisotopic (exact) mass is 518 g/mol. The Bertz CT molecular complexity index is 1600. The van der Waals surface area contributed by atoms with Crippen molar-refractivity contribution in [3.05, 3.63) is 66.1 Å². The van der Waals surface area contributed by atoms with E-state index in [0.717, 1.165) is 22.4 Å². The van der Waals surface area contributed by atoms with Crippen molar-refractivity contribution in [2.75, 3.05) is 5.73 Å². The van der Waals surface area contributed by atoms with E-state index < -0.39 is 10.3 Å². The second kappa shape index (κ2) is 8.72. The Morgan fingerprint density at radius 2 is 1.73 bits per heavy atom. The van der Waals surface area contributed by atoms with Crippen molar-refractivity contribution in [1.29, 1.82) is 0 Å². The smallest absolute Gasteiger partial charge is 0.336 e. The van der Waals surface area contributed by atoms with Gasteiger partial charge in [-0.1, -0.05) is 36.4 Å². The van der Waals surface area contributed by atoms with Gasteiger partial charge in [0, 0.05) is 40.9 Å². The molecule has 0 amide bonds. The number of fused-ring (bicyclic) bond motifs is 3. The first-order chi connectivity index (χ1) is 17.7. The van der Waals surface area contributed by atoms with Crippen LogP contribution in [0.3, 0.4) is 0 Å². The molecule has 0 unspecified atom stereocenters. The lowest BCUT2D eigenvalue weighted by Gasteiger charge is -2.36. The molecule has 3 N–H and O–H groups in total. The third kappa shape index (κ3) is 3.99. The number of carbonyl (C=O) groups excluding carboxylic acids is 1. The van der Waals surface area contributed by atoms with Gasteiger partial charge in [-0.25, -0.2) is 4.98 Å². The Hall–Kier alpha value is -3.67. The van der Waals surface area contributed by atoms with E-state index >= 15 is 0 Å². The van der Waals surface area contributed by atoms with Crippen molar-refractivity contribution < 1.29 is 17.8 Å². The number of nitrogens with zero attached hydrogens (tertiary/aromatic N) is 5. The first kappa shape index (κ1) is 23.7. The molecular weight excluding hydrogens is 492 g/mol. The van der Waals surface area contributed by atoms with Crippen molar-refractivity contribution in [1.82, 2.24) is 23.9 Å². The molecule has 0 saturated carbocycles. The Morgan fingerprint density at radius 3 is 2.32 bits per heavy atom. The first-order valence-corrected chi connectivity index (χ1v) is 13.6. The lowest BCUT2D eigenvalue weighted by Crippen LogP contribution is -2.45. The largest absolute Gasteiger partial charge is 0.383 e. The summed E-state index contributed by atoms with van der Waals surface area (Å²) in [5.74, 6) is -0.197. The Morgan fingerprint density at radius 1 is 1.03 bits per heavy atom. The molecule has 0 radical (unpaired) electrons. The SMILES string of the molecule is CC(=O)c1c([C@H]2C[C@H]3CC[C@@H](C2)N3S(=O)(=O)O)nc2c(-c3ccc(-c4ccccc4)nc3)cnn2c1N. The van der Waals surface area contributed by atoms with Crippen LogP contribution < -0.4 is 5.73 Å². The van der Waals surface area contributed by atoms with E-state index in [9.17, 15) is 17.8 Å². The van der Waals surface area contributed by atoms with Crippen LogP contribution in [0.4, 0.5) is 5.82 Å². The molecule has 0 spiro atoms. The van der Waals surface area contributed by atoms with Gasteiger partial charge in [0.15, 0.2) is 11.4 Å². The number of anilines is 1. The number of pyridine rings is 1. The molecule has 3 atom stereocenters. The summed E-state index contributed by atoms with van der Waals surface area (Å²) in [7, 11) is -4.29. The summed E-state index contributed by atoms with van der Waals surface area (Å²) in [6.45, 7) is 1.45. The number of benzene rings is 1. The van der Waals surface area contributed by atoms with Gasteiger partial charge in [0.05, 0.1) is 23.1 Å². The number of nitrogen functional groups attached to an aromatic ring is 1. The number of carbonyl (C=O) groups is 1. The van der Waals surface area contributed by atoms with Gasteiger partial charge in [0.2, 0.25) is 0 Å². The number of aromatic nitrogens is 4. The molecule has 10 nitrogen and oxygen atoms in total. The molecule has 4 aromatic rings. The van der Waals surface area contributed by atoms with Gasteiger partial charge < -0.3 is 5.73 Å². The molecule has 2 fully saturated rings. The van der Waals surface area contributed by atoms with Crippen molar-refractivity contribution in [3.63, 3.8) is 0 Å². The zero-order chi connectivity index (χ0) is 25.9. The Kier molecular flexibility index (Phi) is 5.59. The lowest BCUT2D eigenvalue weighted by atomic mass is 9.86.